The van der Waals surface area contributed by atoms with Crippen molar-refractivity contribution in [3.8, 4) is 39.1 Å². The molecular weight excluding hydrogens is 352 g/mol. The Hall–Kier alpha value is -3.13. The van der Waals surface area contributed by atoms with E-state index < -0.39 is 0 Å². The van der Waals surface area contributed by atoms with E-state index in [-0.39, 0.29) is 17.2 Å². The van der Waals surface area contributed by atoms with E-state index in [0.717, 1.165) is 21.7 Å². The first-order chi connectivity index (χ1) is 12.5. The van der Waals surface area contributed by atoms with Crippen molar-refractivity contribution in [1.29, 1.82) is 0 Å². The standard InChI is InChI=1S/C18H16N4O3S/c1-9-16-11(18-19-4-5-26-18)6-12(20-17(16)21-22(9)2)10-7-15(25-3)14(24)8-13(10)23/h4-8,23-24H,1-3H3. The molecule has 0 amide bonds. The van der Waals surface area contributed by atoms with E-state index in [1.807, 2.05) is 25.4 Å². The third kappa shape index (κ3) is 2.46. The molecule has 0 saturated carbocycles. The van der Waals surface area contributed by atoms with Crippen molar-refractivity contribution in [3.63, 3.8) is 0 Å². The number of nitrogens with zero attached hydrogens (tertiary/aromatic N) is 4. The highest BCUT2D eigenvalue weighted by atomic mass is 32.1. The molecule has 8 heteroatoms. The van der Waals surface area contributed by atoms with Crippen molar-refractivity contribution in [2.45, 2.75) is 6.92 Å². The third-order valence-corrected chi connectivity index (χ3v) is 5.13. The molecule has 0 bridgehead atoms. The van der Waals surface area contributed by atoms with Gasteiger partial charge in [0.1, 0.15) is 10.8 Å². The van der Waals surface area contributed by atoms with Gasteiger partial charge in [0.2, 0.25) is 0 Å². The second-order valence-corrected chi connectivity index (χ2v) is 6.74. The van der Waals surface area contributed by atoms with Crippen LogP contribution >= 0.6 is 11.3 Å². The monoisotopic (exact) mass is 368 g/mol. The van der Waals surface area contributed by atoms with Crippen LogP contribution in [0.4, 0.5) is 0 Å². The molecule has 1 aromatic carbocycles. The lowest BCUT2D eigenvalue weighted by Crippen LogP contribution is -1.91. The fourth-order valence-corrected chi connectivity index (χ4v) is 3.59. The number of methoxy groups -OCH3 is 1. The van der Waals surface area contributed by atoms with Gasteiger partial charge < -0.3 is 14.9 Å². The molecule has 2 N–H and O–H groups in total. The molecule has 0 aliphatic rings. The Morgan fingerprint density at radius 2 is 1.92 bits per heavy atom. The second-order valence-electron chi connectivity index (χ2n) is 5.84. The van der Waals surface area contributed by atoms with Crippen LogP contribution in [0.1, 0.15) is 5.69 Å². The van der Waals surface area contributed by atoms with Crippen molar-refractivity contribution in [2.24, 2.45) is 7.05 Å². The SMILES string of the molecule is COc1cc(-c2cc(-c3nccs3)c3c(C)n(C)nc3n2)c(O)cc1O. The summed E-state index contributed by atoms with van der Waals surface area (Å²) in [4.78, 5) is 9.03. The minimum absolute atomic E-state index is 0.0899. The fourth-order valence-electron chi connectivity index (χ4n) is 2.93. The quantitative estimate of drug-likeness (QED) is 0.575. The van der Waals surface area contributed by atoms with Gasteiger partial charge in [-0.05, 0) is 19.1 Å². The molecule has 0 radical (unpaired) electrons. The molecule has 3 aromatic heterocycles. The lowest BCUT2D eigenvalue weighted by molar-refractivity contribution is 0.370. The Morgan fingerprint density at radius 1 is 1.12 bits per heavy atom. The summed E-state index contributed by atoms with van der Waals surface area (Å²) in [5.74, 6) is 0.0317. The number of aromatic hydroxyl groups is 2. The van der Waals surface area contributed by atoms with Crippen LogP contribution < -0.4 is 4.74 Å². The maximum Gasteiger partial charge on any atom is 0.182 e. The lowest BCUT2D eigenvalue weighted by Gasteiger charge is -2.10. The highest BCUT2D eigenvalue weighted by Gasteiger charge is 2.19. The third-order valence-electron chi connectivity index (χ3n) is 4.33. The number of aromatic nitrogens is 4. The topological polar surface area (TPSA) is 93.3 Å². The van der Waals surface area contributed by atoms with Crippen LogP contribution in [0.2, 0.25) is 0 Å². The van der Waals surface area contributed by atoms with E-state index >= 15 is 0 Å². The highest BCUT2D eigenvalue weighted by Crippen LogP contribution is 2.41. The van der Waals surface area contributed by atoms with Gasteiger partial charge in [-0.2, -0.15) is 5.10 Å². The number of hydrogen-bond acceptors (Lipinski definition) is 7. The van der Waals surface area contributed by atoms with Crippen LogP contribution in [0.5, 0.6) is 17.2 Å². The summed E-state index contributed by atoms with van der Waals surface area (Å²) in [6.07, 6.45) is 1.75. The lowest BCUT2D eigenvalue weighted by atomic mass is 10.0. The summed E-state index contributed by atoms with van der Waals surface area (Å²) in [6.45, 7) is 1.98. The van der Waals surface area contributed by atoms with Crippen molar-refractivity contribution >= 4 is 22.4 Å². The molecule has 0 fully saturated rings. The Morgan fingerprint density at radius 3 is 2.62 bits per heavy atom. The summed E-state index contributed by atoms with van der Waals surface area (Å²) in [6, 6.07) is 4.68. The van der Waals surface area contributed by atoms with E-state index in [0.29, 0.717) is 16.9 Å². The molecule has 0 spiro atoms. The number of phenolic OH excluding ortho intramolecular Hbond substituents is 2. The van der Waals surface area contributed by atoms with E-state index in [2.05, 4.69) is 15.1 Å². The molecule has 4 rings (SSSR count). The van der Waals surface area contributed by atoms with Crippen molar-refractivity contribution in [3.05, 3.63) is 35.5 Å². The summed E-state index contributed by atoms with van der Waals surface area (Å²) < 4.78 is 6.93. The number of thiazole rings is 1. The zero-order valence-electron chi connectivity index (χ0n) is 14.4. The number of fused-ring (bicyclic) bond motifs is 1. The molecule has 26 heavy (non-hydrogen) atoms. The van der Waals surface area contributed by atoms with Crippen LogP contribution in [-0.2, 0) is 7.05 Å². The van der Waals surface area contributed by atoms with Crippen molar-refractivity contribution < 1.29 is 14.9 Å². The van der Waals surface area contributed by atoms with Gasteiger partial charge in [-0.3, -0.25) is 4.68 Å². The van der Waals surface area contributed by atoms with Crippen LogP contribution in [0.15, 0.2) is 29.8 Å². The first kappa shape index (κ1) is 16.3. The summed E-state index contributed by atoms with van der Waals surface area (Å²) in [5.41, 5.74) is 3.42. The van der Waals surface area contributed by atoms with Gasteiger partial charge in [0.25, 0.3) is 0 Å². The van der Waals surface area contributed by atoms with Gasteiger partial charge in [-0.1, -0.05) is 0 Å². The Labute approximate surface area is 153 Å². The number of aryl methyl sites for hydroxylation is 2. The summed E-state index contributed by atoms with van der Waals surface area (Å²) >= 11 is 1.52. The van der Waals surface area contributed by atoms with Crippen LogP contribution in [-0.4, -0.2) is 37.1 Å². The minimum atomic E-state index is -0.136. The van der Waals surface area contributed by atoms with Gasteiger partial charge in [0, 0.05) is 41.5 Å². The number of ether oxygens (including phenoxy) is 1. The number of benzene rings is 1. The maximum atomic E-state index is 10.3. The number of phenols is 2. The molecule has 132 valence electrons. The van der Waals surface area contributed by atoms with Gasteiger partial charge in [0.05, 0.1) is 18.2 Å². The van der Waals surface area contributed by atoms with Gasteiger partial charge >= 0.3 is 0 Å². The van der Waals surface area contributed by atoms with Crippen molar-refractivity contribution in [1.82, 2.24) is 19.7 Å². The number of pyridine rings is 1. The van der Waals surface area contributed by atoms with Gasteiger partial charge in [-0.15, -0.1) is 11.3 Å². The fraction of sp³-hybridized carbons (Fsp3) is 0.167. The Balaban J connectivity index is 2.04. The average molecular weight is 368 g/mol. The first-order valence-electron chi connectivity index (χ1n) is 7.84. The molecule has 0 atom stereocenters. The van der Waals surface area contributed by atoms with Crippen LogP contribution in [0.3, 0.4) is 0 Å². The largest absolute Gasteiger partial charge is 0.507 e. The van der Waals surface area contributed by atoms with Gasteiger partial charge in [0.15, 0.2) is 17.1 Å². The minimum Gasteiger partial charge on any atom is -0.507 e. The molecule has 7 nitrogen and oxygen atoms in total. The van der Waals surface area contributed by atoms with E-state index in [9.17, 15) is 10.2 Å². The predicted molar refractivity (Wildman–Crippen MR) is 99.7 cm³/mol. The summed E-state index contributed by atoms with van der Waals surface area (Å²) in [7, 11) is 3.32. The van der Waals surface area contributed by atoms with Crippen LogP contribution in [0, 0.1) is 6.92 Å². The highest BCUT2D eigenvalue weighted by molar-refractivity contribution is 7.13. The maximum absolute atomic E-state index is 10.3. The zero-order chi connectivity index (χ0) is 18.4. The summed E-state index contributed by atoms with van der Waals surface area (Å²) in [5, 5.41) is 28.3. The normalized spacial score (nSPS) is 11.2. The molecule has 0 aliphatic carbocycles. The Kier molecular flexibility index (Phi) is 3.77. The van der Waals surface area contributed by atoms with Crippen LogP contribution in [0.25, 0.3) is 32.9 Å². The zero-order valence-corrected chi connectivity index (χ0v) is 15.2. The van der Waals surface area contributed by atoms with E-state index in [4.69, 9.17) is 4.74 Å². The second kappa shape index (κ2) is 5.99. The molecule has 0 unspecified atom stereocenters. The molecular formula is C18H16N4O3S. The van der Waals surface area contributed by atoms with E-state index in [1.165, 1.54) is 24.5 Å². The molecule has 0 saturated heterocycles. The molecule has 4 aromatic rings. The number of hydrogen-bond donors (Lipinski definition) is 2. The average Bonchev–Trinajstić information content (AvgIpc) is 3.23. The first-order valence-corrected chi connectivity index (χ1v) is 8.72. The number of rotatable bonds is 3. The predicted octanol–water partition coefficient (Wildman–Crippen LogP) is 3.49. The van der Waals surface area contributed by atoms with Gasteiger partial charge in [-0.25, -0.2) is 9.97 Å². The Bertz CT molecular complexity index is 1120. The van der Waals surface area contributed by atoms with Crippen molar-refractivity contribution in [2.75, 3.05) is 7.11 Å². The molecule has 3 heterocycles. The molecule has 0 aliphatic heterocycles. The smallest absolute Gasteiger partial charge is 0.182 e. The van der Waals surface area contributed by atoms with E-state index in [1.54, 1.807) is 16.9 Å².